The van der Waals surface area contributed by atoms with Crippen molar-refractivity contribution in [2.24, 2.45) is 5.92 Å². The third-order valence-electron chi connectivity index (χ3n) is 3.99. The van der Waals surface area contributed by atoms with Crippen LogP contribution in [-0.4, -0.2) is 9.97 Å². The maximum absolute atomic E-state index is 11.5. The van der Waals surface area contributed by atoms with E-state index in [1.807, 2.05) is 6.92 Å². The summed E-state index contributed by atoms with van der Waals surface area (Å²) in [5, 5.41) is 0. The molecule has 3 nitrogen and oxygen atoms in total. The van der Waals surface area contributed by atoms with Crippen LogP contribution in [0, 0.1) is 5.92 Å². The molecule has 0 unspecified atom stereocenters. The summed E-state index contributed by atoms with van der Waals surface area (Å²) in [6.45, 7) is 4.31. The normalized spacial score (nSPS) is 24.8. The van der Waals surface area contributed by atoms with E-state index in [4.69, 9.17) is 0 Å². The molecule has 1 fully saturated rings. The quantitative estimate of drug-likeness (QED) is 0.873. The van der Waals surface area contributed by atoms with Crippen molar-refractivity contribution in [3.63, 3.8) is 0 Å². The number of H-pyrrole nitrogens is 1. The third kappa shape index (κ3) is 2.96. The molecule has 1 aromatic heterocycles. The predicted octanol–water partition coefficient (Wildman–Crippen LogP) is 3.02. The molecule has 1 N–H and O–H groups in total. The highest BCUT2D eigenvalue weighted by molar-refractivity contribution is 5.06. The van der Waals surface area contributed by atoms with Gasteiger partial charge in [0.15, 0.2) is 0 Å². The molecule has 1 aromatic rings. The standard InChI is InChI=1S/C14H22N2O/c1-3-10-5-7-11(8-6-10)14-15-12(4-2)9-13(17)16-14/h9-11H,3-8H2,1-2H3,(H,15,16,17). The minimum atomic E-state index is 0.00413. The van der Waals surface area contributed by atoms with Crippen LogP contribution in [0.15, 0.2) is 10.9 Å². The minimum Gasteiger partial charge on any atom is -0.310 e. The van der Waals surface area contributed by atoms with Gasteiger partial charge in [-0.2, -0.15) is 0 Å². The molecule has 0 aliphatic heterocycles. The molecule has 3 heteroatoms. The zero-order valence-electron chi connectivity index (χ0n) is 10.8. The maximum Gasteiger partial charge on any atom is 0.251 e. The van der Waals surface area contributed by atoms with Gasteiger partial charge in [0.2, 0.25) is 0 Å². The van der Waals surface area contributed by atoms with E-state index in [-0.39, 0.29) is 5.56 Å². The molecule has 17 heavy (non-hydrogen) atoms. The second-order valence-corrected chi connectivity index (χ2v) is 5.10. The van der Waals surface area contributed by atoms with Crippen LogP contribution in [0.2, 0.25) is 0 Å². The summed E-state index contributed by atoms with van der Waals surface area (Å²) in [5.74, 6) is 2.27. The van der Waals surface area contributed by atoms with Gasteiger partial charge < -0.3 is 4.98 Å². The third-order valence-corrected chi connectivity index (χ3v) is 3.99. The van der Waals surface area contributed by atoms with E-state index in [1.54, 1.807) is 6.07 Å². The molecule has 0 spiro atoms. The number of nitrogens with one attached hydrogen (secondary N) is 1. The van der Waals surface area contributed by atoms with E-state index in [1.165, 1.54) is 32.1 Å². The molecule has 1 aliphatic rings. The Morgan fingerprint density at radius 2 is 2.00 bits per heavy atom. The summed E-state index contributed by atoms with van der Waals surface area (Å²) in [7, 11) is 0. The smallest absolute Gasteiger partial charge is 0.251 e. The lowest BCUT2D eigenvalue weighted by atomic mass is 9.80. The monoisotopic (exact) mass is 234 g/mol. The molecule has 0 saturated heterocycles. The summed E-state index contributed by atoms with van der Waals surface area (Å²) in [6.07, 6.45) is 7.03. The fraction of sp³-hybridized carbons (Fsp3) is 0.714. The molecule has 0 radical (unpaired) electrons. The zero-order chi connectivity index (χ0) is 12.3. The van der Waals surface area contributed by atoms with Gasteiger partial charge >= 0.3 is 0 Å². The topological polar surface area (TPSA) is 45.8 Å². The van der Waals surface area contributed by atoms with Gasteiger partial charge in [0.05, 0.1) is 0 Å². The average Bonchev–Trinajstić information content (AvgIpc) is 2.38. The van der Waals surface area contributed by atoms with Crippen molar-refractivity contribution < 1.29 is 0 Å². The first kappa shape index (κ1) is 12.3. The van der Waals surface area contributed by atoms with Crippen molar-refractivity contribution in [1.82, 2.24) is 9.97 Å². The first-order chi connectivity index (χ1) is 8.22. The van der Waals surface area contributed by atoms with E-state index in [2.05, 4.69) is 16.9 Å². The molecule has 0 bridgehead atoms. The van der Waals surface area contributed by atoms with Gasteiger partial charge in [-0.25, -0.2) is 4.98 Å². The molecule has 1 aliphatic carbocycles. The Morgan fingerprint density at radius 3 is 2.59 bits per heavy atom. The Balaban J connectivity index is 2.12. The Kier molecular flexibility index (Phi) is 3.97. The predicted molar refractivity (Wildman–Crippen MR) is 69.2 cm³/mol. The Morgan fingerprint density at radius 1 is 1.29 bits per heavy atom. The Hall–Kier alpha value is -1.12. The Bertz CT molecular complexity index is 416. The highest BCUT2D eigenvalue weighted by atomic mass is 16.1. The summed E-state index contributed by atoms with van der Waals surface area (Å²) in [4.78, 5) is 19.0. The number of aryl methyl sites for hydroxylation is 1. The number of hydrogen-bond donors (Lipinski definition) is 1. The van der Waals surface area contributed by atoms with Crippen molar-refractivity contribution in [1.29, 1.82) is 0 Å². The number of hydrogen-bond acceptors (Lipinski definition) is 2. The van der Waals surface area contributed by atoms with Crippen LogP contribution in [0.5, 0.6) is 0 Å². The van der Waals surface area contributed by atoms with Crippen molar-refractivity contribution >= 4 is 0 Å². The van der Waals surface area contributed by atoms with Gasteiger partial charge in [-0.15, -0.1) is 0 Å². The molecule has 1 heterocycles. The van der Waals surface area contributed by atoms with Crippen molar-refractivity contribution in [2.75, 3.05) is 0 Å². The van der Waals surface area contributed by atoms with Gasteiger partial charge in [0.1, 0.15) is 5.82 Å². The molecule has 94 valence electrons. The van der Waals surface area contributed by atoms with Crippen molar-refractivity contribution in [3.05, 3.63) is 27.9 Å². The minimum absolute atomic E-state index is 0.00413. The van der Waals surface area contributed by atoms with Gasteiger partial charge in [-0.05, 0) is 38.0 Å². The molecular weight excluding hydrogens is 212 g/mol. The van der Waals surface area contributed by atoms with E-state index in [0.29, 0.717) is 5.92 Å². The largest absolute Gasteiger partial charge is 0.310 e. The molecular formula is C14H22N2O. The molecule has 0 atom stereocenters. The summed E-state index contributed by atoms with van der Waals surface area (Å²) < 4.78 is 0. The lowest BCUT2D eigenvalue weighted by Gasteiger charge is -2.27. The average molecular weight is 234 g/mol. The first-order valence-electron chi connectivity index (χ1n) is 6.83. The highest BCUT2D eigenvalue weighted by Gasteiger charge is 2.23. The van der Waals surface area contributed by atoms with Crippen LogP contribution in [0.25, 0.3) is 0 Å². The van der Waals surface area contributed by atoms with Crippen LogP contribution in [0.3, 0.4) is 0 Å². The lowest BCUT2D eigenvalue weighted by molar-refractivity contribution is 0.311. The van der Waals surface area contributed by atoms with Gasteiger partial charge in [0.25, 0.3) is 5.56 Å². The fourth-order valence-corrected chi connectivity index (χ4v) is 2.75. The van der Waals surface area contributed by atoms with Crippen LogP contribution in [-0.2, 0) is 6.42 Å². The summed E-state index contributed by atoms with van der Waals surface area (Å²) >= 11 is 0. The van der Waals surface area contributed by atoms with Crippen LogP contribution >= 0.6 is 0 Å². The van der Waals surface area contributed by atoms with Gasteiger partial charge in [-0.3, -0.25) is 4.79 Å². The van der Waals surface area contributed by atoms with E-state index < -0.39 is 0 Å². The molecule has 1 saturated carbocycles. The number of aromatic amines is 1. The van der Waals surface area contributed by atoms with Gasteiger partial charge in [-0.1, -0.05) is 20.3 Å². The zero-order valence-corrected chi connectivity index (χ0v) is 10.8. The van der Waals surface area contributed by atoms with E-state index in [0.717, 1.165) is 23.9 Å². The first-order valence-corrected chi connectivity index (χ1v) is 6.83. The summed E-state index contributed by atoms with van der Waals surface area (Å²) in [5.41, 5.74) is 0.922. The van der Waals surface area contributed by atoms with Crippen LogP contribution in [0.1, 0.15) is 63.4 Å². The summed E-state index contributed by atoms with van der Waals surface area (Å²) in [6, 6.07) is 1.61. The second-order valence-electron chi connectivity index (χ2n) is 5.10. The molecule has 2 rings (SSSR count). The molecule has 0 amide bonds. The van der Waals surface area contributed by atoms with Crippen LogP contribution < -0.4 is 5.56 Å². The molecule has 0 aromatic carbocycles. The highest BCUT2D eigenvalue weighted by Crippen LogP contribution is 2.35. The second kappa shape index (κ2) is 5.48. The number of nitrogens with zero attached hydrogens (tertiary/aromatic N) is 1. The maximum atomic E-state index is 11.5. The fourth-order valence-electron chi connectivity index (χ4n) is 2.75. The van der Waals surface area contributed by atoms with Gasteiger partial charge in [0, 0.05) is 17.7 Å². The van der Waals surface area contributed by atoms with E-state index >= 15 is 0 Å². The van der Waals surface area contributed by atoms with Crippen molar-refractivity contribution in [3.8, 4) is 0 Å². The number of rotatable bonds is 3. The lowest BCUT2D eigenvalue weighted by Crippen LogP contribution is -2.19. The Labute approximate surface area is 103 Å². The SMILES string of the molecule is CCc1cc(=O)[nH]c(C2CCC(CC)CC2)n1. The van der Waals surface area contributed by atoms with E-state index in [9.17, 15) is 4.79 Å². The van der Waals surface area contributed by atoms with Crippen LogP contribution in [0.4, 0.5) is 0 Å². The number of aromatic nitrogens is 2. The van der Waals surface area contributed by atoms with Crippen molar-refractivity contribution in [2.45, 2.75) is 58.3 Å².